The molecular formula is C17H26ClNO. The number of hydrogen-bond donors (Lipinski definition) is 2. The average Bonchev–Trinajstić information content (AvgIpc) is 2.27. The van der Waals surface area contributed by atoms with Crippen molar-refractivity contribution in [3.05, 3.63) is 28.8 Å². The Morgan fingerprint density at radius 1 is 1.20 bits per heavy atom. The molecule has 0 unspecified atom stereocenters. The maximum absolute atomic E-state index is 9.45. The zero-order valence-electron chi connectivity index (χ0n) is 13.0. The smallest absolute Gasteiger partial charge is 0.134 e. The van der Waals surface area contributed by atoms with Gasteiger partial charge in [0, 0.05) is 12.6 Å². The zero-order chi connectivity index (χ0) is 15.0. The SMILES string of the molecule is CC1(C)CC(NCc2ccc(O)c(Cl)c2)CC(C)(C)C1. The summed E-state index contributed by atoms with van der Waals surface area (Å²) in [5, 5.41) is 13.5. The highest BCUT2D eigenvalue weighted by atomic mass is 35.5. The molecule has 0 saturated heterocycles. The van der Waals surface area contributed by atoms with Crippen LogP contribution in [0.15, 0.2) is 18.2 Å². The molecule has 0 bridgehead atoms. The Bertz CT molecular complexity index is 466. The Hall–Kier alpha value is -0.730. The number of benzene rings is 1. The molecule has 1 aromatic carbocycles. The van der Waals surface area contributed by atoms with E-state index < -0.39 is 0 Å². The molecular weight excluding hydrogens is 270 g/mol. The fraction of sp³-hybridized carbons (Fsp3) is 0.647. The lowest BCUT2D eigenvalue weighted by atomic mass is 9.63. The van der Waals surface area contributed by atoms with Gasteiger partial charge >= 0.3 is 0 Å². The number of aromatic hydroxyl groups is 1. The van der Waals surface area contributed by atoms with Crippen LogP contribution in [-0.4, -0.2) is 11.1 Å². The van der Waals surface area contributed by atoms with E-state index in [-0.39, 0.29) is 5.75 Å². The third kappa shape index (κ3) is 4.13. The summed E-state index contributed by atoms with van der Waals surface area (Å²) in [6.07, 6.45) is 3.70. The van der Waals surface area contributed by atoms with Crippen LogP contribution in [0.3, 0.4) is 0 Å². The van der Waals surface area contributed by atoms with E-state index >= 15 is 0 Å². The molecule has 1 aromatic rings. The first-order chi connectivity index (χ1) is 9.17. The molecule has 0 heterocycles. The topological polar surface area (TPSA) is 32.3 Å². The van der Waals surface area contributed by atoms with Gasteiger partial charge in [0.25, 0.3) is 0 Å². The van der Waals surface area contributed by atoms with Gasteiger partial charge in [0.1, 0.15) is 5.75 Å². The van der Waals surface area contributed by atoms with Crippen molar-refractivity contribution in [1.29, 1.82) is 0 Å². The maximum atomic E-state index is 9.45. The number of rotatable bonds is 3. The van der Waals surface area contributed by atoms with Crippen LogP contribution in [0.2, 0.25) is 5.02 Å². The van der Waals surface area contributed by atoms with Crippen LogP contribution in [-0.2, 0) is 6.54 Å². The molecule has 0 aliphatic heterocycles. The second-order valence-corrected chi connectivity index (χ2v) is 8.18. The summed E-state index contributed by atoms with van der Waals surface area (Å²) in [5.74, 6) is 0.148. The number of hydrogen-bond acceptors (Lipinski definition) is 2. The monoisotopic (exact) mass is 295 g/mol. The molecule has 3 heteroatoms. The van der Waals surface area contributed by atoms with E-state index in [1.165, 1.54) is 19.3 Å². The van der Waals surface area contributed by atoms with Crippen LogP contribution in [0.25, 0.3) is 0 Å². The number of phenolic OH excluding ortho intramolecular Hbond substituents is 1. The first kappa shape index (κ1) is 15.7. The van der Waals surface area contributed by atoms with Gasteiger partial charge in [0.2, 0.25) is 0 Å². The highest BCUT2D eigenvalue weighted by Crippen LogP contribution is 2.45. The second-order valence-electron chi connectivity index (χ2n) is 7.78. The molecule has 112 valence electrons. The first-order valence-corrected chi connectivity index (χ1v) is 7.76. The fourth-order valence-electron chi connectivity index (χ4n) is 3.91. The molecule has 1 aliphatic rings. The molecule has 20 heavy (non-hydrogen) atoms. The second kappa shape index (κ2) is 5.57. The normalized spacial score (nSPS) is 21.9. The van der Waals surface area contributed by atoms with Gasteiger partial charge in [-0.3, -0.25) is 0 Å². The van der Waals surface area contributed by atoms with E-state index in [0.717, 1.165) is 12.1 Å². The predicted molar refractivity (Wildman–Crippen MR) is 85.2 cm³/mol. The fourth-order valence-corrected chi connectivity index (χ4v) is 4.12. The lowest BCUT2D eigenvalue weighted by Gasteiger charge is -2.45. The summed E-state index contributed by atoms with van der Waals surface area (Å²) in [5.41, 5.74) is 1.91. The third-order valence-electron chi connectivity index (χ3n) is 4.16. The van der Waals surface area contributed by atoms with Crippen LogP contribution in [0.1, 0.15) is 52.5 Å². The average molecular weight is 296 g/mol. The van der Waals surface area contributed by atoms with E-state index in [2.05, 4.69) is 33.0 Å². The molecule has 1 aliphatic carbocycles. The van der Waals surface area contributed by atoms with E-state index in [9.17, 15) is 5.11 Å². The van der Waals surface area contributed by atoms with Crippen molar-refractivity contribution in [3.63, 3.8) is 0 Å². The van der Waals surface area contributed by atoms with Crippen LogP contribution < -0.4 is 5.32 Å². The molecule has 1 saturated carbocycles. The standard InChI is InChI=1S/C17H26ClNO/c1-16(2)8-13(9-17(3,4)11-16)19-10-12-5-6-15(20)14(18)7-12/h5-7,13,19-20H,8-11H2,1-4H3. The van der Waals surface area contributed by atoms with E-state index in [1.54, 1.807) is 6.07 Å². The Kier molecular flexibility index (Phi) is 4.36. The molecule has 2 N–H and O–H groups in total. The van der Waals surface area contributed by atoms with Crippen molar-refractivity contribution < 1.29 is 5.11 Å². The van der Waals surface area contributed by atoms with Gasteiger partial charge in [-0.1, -0.05) is 45.4 Å². The predicted octanol–water partition coefficient (Wildman–Crippen LogP) is 4.74. The van der Waals surface area contributed by atoms with Gasteiger partial charge in [-0.05, 0) is 47.8 Å². The lowest BCUT2D eigenvalue weighted by molar-refractivity contribution is 0.0845. The summed E-state index contributed by atoms with van der Waals surface area (Å²) in [6, 6.07) is 5.96. The van der Waals surface area contributed by atoms with Crippen LogP contribution in [0, 0.1) is 10.8 Å². The van der Waals surface area contributed by atoms with Gasteiger partial charge in [-0.2, -0.15) is 0 Å². The van der Waals surface area contributed by atoms with Gasteiger partial charge in [-0.25, -0.2) is 0 Å². The van der Waals surface area contributed by atoms with Crippen molar-refractivity contribution in [2.75, 3.05) is 0 Å². The Morgan fingerprint density at radius 2 is 1.80 bits per heavy atom. The van der Waals surface area contributed by atoms with Crippen molar-refractivity contribution in [2.24, 2.45) is 10.8 Å². The minimum absolute atomic E-state index is 0.148. The van der Waals surface area contributed by atoms with Gasteiger partial charge in [0.05, 0.1) is 5.02 Å². The first-order valence-electron chi connectivity index (χ1n) is 7.38. The highest BCUT2D eigenvalue weighted by Gasteiger charge is 2.38. The van der Waals surface area contributed by atoms with Crippen LogP contribution >= 0.6 is 11.6 Å². The molecule has 2 nitrogen and oxygen atoms in total. The molecule has 0 spiro atoms. The Balaban J connectivity index is 1.98. The lowest BCUT2D eigenvalue weighted by Crippen LogP contribution is -2.43. The summed E-state index contributed by atoms with van der Waals surface area (Å²) in [7, 11) is 0. The number of halogens is 1. The molecule has 1 fully saturated rings. The zero-order valence-corrected chi connectivity index (χ0v) is 13.7. The molecule has 0 amide bonds. The number of phenols is 1. The summed E-state index contributed by atoms with van der Waals surface area (Å²) >= 11 is 5.95. The number of nitrogens with one attached hydrogen (secondary N) is 1. The summed E-state index contributed by atoms with van der Waals surface area (Å²) < 4.78 is 0. The van der Waals surface area contributed by atoms with Gasteiger partial charge in [-0.15, -0.1) is 0 Å². The van der Waals surface area contributed by atoms with Crippen molar-refractivity contribution in [3.8, 4) is 5.75 Å². The molecule has 2 rings (SSSR count). The maximum Gasteiger partial charge on any atom is 0.134 e. The van der Waals surface area contributed by atoms with Crippen LogP contribution in [0.4, 0.5) is 0 Å². The minimum Gasteiger partial charge on any atom is -0.506 e. The largest absolute Gasteiger partial charge is 0.506 e. The van der Waals surface area contributed by atoms with Crippen molar-refractivity contribution in [2.45, 2.75) is 59.5 Å². The summed E-state index contributed by atoms with van der Waals surface area (Å²) in [4.78, 5) is 0. The Morgan fingerprint density at radius 3 is 2.35 bits per heavy atom. The molecule has 0 atom stereocenters. The van der Waals surface area contributed by atoms with E-state index in [1.807, 2.05) is 12.1 Å². The van der Waals surface area contributed by atoms with Crippen LogP contribution in [0.5, 0.6) is 5.75 Å². The highest BCUT2D eigenvalue weighted by molar-refractivity contribution is 6.32. The minimum atomic E-state index is 0.148. The van der Waals surface area contributed by atoms with Crippen molar-refractivity contribution >= 4 is 11.6 Å². The molecule has 0 aromatic heterocycles. The summed E-state index contributed by atoms with van der Waals surface area (Å²) in [6.45, 7) is 10.2. The molecule has 0 radical (unpaired) electrons. The van der Waals surface area contributed by atoms with E-state index in [0.29, 0.717) is 21.9 Å². The van der Waals surface area contributed by atoms with E-state index in [4.69, 9.17) is 11.6 Å². The third-order valence-corrected chi connectivity index (χ3v) is 4.46. The quantitative estimate of drug-likeness (QED) is 0.844. The van der Waals surface area contributed by atoms with Gasteiger partial charge < -0.3 is 10.4 Å². The van der Waals surface area contributed by atoms with Gasteiger partial charge in [0.15, 0.2) is 0 Å². The Labute approximate surface area is 127 Å². The van der Waals surface area contributed by atoms with Crippen molar-refractivity contribution in [1.82, 2.24) is 5.32 Å².